The van der Waals surface area contributed by atoms with Crippen LogP contribution < -0.4 is 5.32 Å². The maximum atomic E-state index is 13.5. The van der Waals surface area contributed by atoms with Gasteiger partial charge in [-0.3, -0.25) is 18.6 Å². The zero-order valence-electron chi connectivity index (χ0n) is 46.4. The van der Waals surface area contributed by atoms with E-state index in [1.807, 2.05) is 33.3 Å². The van der Waals surface area contributed by atoms with E-state index in [-0.39, 0.29) is 31.5 Å². The molecule has 0 aliphatic rings. The molecule has 0 saturated heterocycles. The number of likely N-dealkylation sites (N-methyl/N-ethyl adjacent to an activating group) is 1. The van der Waals surface area contributed by atoms with Gasteiger partial charge in [0.05, 0.1) is 33.8 Å². The molecule has 2 N–H and O–H groups in total. The van der Waals surface area contributed by atoms with Crippen LogP contribution in [0.25, 0.3) is 0 Å². The molecule has 3 atom stereocenters. The third-order valence-corrected chi connectivity index (χ3v) is 13.0. The molecule has 0 spiro atoms. The molecule has 0 aliphatic carbocycles. The summed E-state index contributed by atoms with van der Waals surface area (Å²) in [5.74, 6) is -0.564. The van der Waals surface area contributed by atoms with E-state index in [1.165, 1.54) is 64.2 Å². The van der Waals surface area contributed by atoms with Crippen molar-refractivity contribution in [1.29, 1.82) is 0 Å². The van der Waals surface area contributed by atoms with Crippen molar-refractivity contribution in [2.24, 2.45) is 0 Å². The molecule has 0 heterocycles. The predicted octanol–water partition coefficient (Wildman–Crippen LogP) is 17.2. The Bertz CT molecular complexity index is 1540. The topological polar surface area (TPSA) is 111 Å². The molecule has 3 unspecified atom stereocenters. The second-order valence-electron chi connectivity index (χ2n) is 20.1. The summed E-state index contributed by atoms with van der Waals surface area (Å²) in [7, 11) is 1.45. The van der Waals surface area contributed by atoms with Crippen LogP contribution in [0, 0.1) is 0 Å². The Morgan fingerprint density at radius 3 is 1.48 bits per heavy atom. The Morgan fingerprint density at radius 1 is 0.521 bits per heavy atom. The number of carbonyl (C=O) groups is 2. The van der Waals surface area contributed by atoms with Crippen molar-refractivity contribution >= 4 is 19.7 Å². The highest BCUT2D eigenvalue weighted by molar-refractivity contribution is 7.47. The van der Waals surface area contributed by atoms with Crippen LogP contribution >= 0.6 is 7.82 Å². The largest absolute Gasteiger partial charge is 0.472 e. The van der Waals surface area contributed by atoms with Crippen molar-refractivity contribution in [3.63, 3.8) is 0 Å². The minimum atomic E-state index is -4.46. The number of ether oxygens (including phenoxy) is 1. The monoisotopic (exact) mass is 1010 g/mol. The highest BCUT2D eigenvalue weighted by Gasteiger charge is 2.30. The number of nitrogens with zero attached hydrogens (tertiary/aromatic N) is 1. The fourth-order valence-electron chi connectivity index (χ4n) is 7.60. The lowest BCUT2D eigenvalue weighted by Crippen LogP contribution is -2.47. The van der Waals surface area contributed by atoms with Gasteiger partial charge in [0.25, 0.3) is 0 Å². The van der Waals surface area contributed by atoms with Crippen LogP contribution in [0.4, 0.5) is 0 Å². The summed E-state index contributed by atoms with van der Waals surface area (Å²) in [4.78, 5) is 37.6. The van der Waals surface area contributed by atoms with Gasteiger partial charge in [0.1, 0.15) is 19.3 Å². The van der Waals surface area contributed by atoms with Crippen molar-refractivity contribution < 1.29 is 37.3 Å². The Balaban J connectivity index is 5.40. The summed E-state index contributed by atoms with van der Waals surface area (Å²) in [5.41, 5.74) is 0. The first kappa shape index (κ1) is 67.9. The molecule has 9 nitrogen and oxygen atoms in total. The van der Waals surface area contributed by atoms with E-state index in [2.05, 4.69) is 111 Å². The van der Waals surface area contributed by atoms with Crippen LogP contribution in [0.15, 0.2) is 97.2 Å². The van der Waals surface area contributed by atoms with E-state index >= 15 is 0 Å². The van der Waals surface area contributed by atoms with Gasteiger partial charge in [-0.2, -0.15) is 0 Å². The molecule has 71 heavy (non-hydrogen) atoms. The Hall–Kier alpha value is -3.07. The second kappa shape index (κ2) is 50.5. The number of amides is 1. The molecule has 0 fully saturated rings. The molecule has 0 bridgehead atoms. The number of rotatable bonds is 50. The molecule has 0 aromatic rings. The molecule has 10 heteroatoms. The lowest BCUT2D eigenvalue weighted by atomic mass is 10.1. The van der Waals surface area contributed by atoms with E-state index in [4.69, 9.17) is 13.8 Å². The van der Waals surface area contributed by atoms with Crippen LogP contribution in [0.3, 0.4) is 0 Å². The van der Waals surface area contributed by atoms with Crippen LogP contribution in [0.5, 0.6) is 0 Å². The molecular weight excluding hydrogens is 904 g/mol. The minimum Gasteiger partial charge on any atom is -0.456 e. The van der Waals surface area contributed by atoms with Gasteiger partial charge in [-0.25, -0.2) is 4.57 Å². The fraction of sp³-hybridized carbons (Fsp3) is 0.705. The Kier molecular flexibility index (Phi) is 48.3. The molecule has 0 aromatic carbocycles. The van der Waals surface area contributed by atoms with Crippen molar-refractivity contribution in [3.8, 4) is 0 Å². The van der Waals surface area contributed by atoms with Gasteiger partial charge in [0.2, 0.25) is 5.91 Å². The number of unbranched alkanes of at least 4 members (excludes halogenated alkanes) is 21. The molecule has 1 amide bonds. The van der Waals surface area contributed by atoms with E-state index in [1.54, 1.807) is 0 Å². The number of quaternary nitrogens is 1. The third-order valence-electron chi connectivity index (χ3n) is 12.0. The summed E-state index contributed by atoms with van der Waals surface area (Å²) in [6, 6.07) is -0.872. The van der Waals surface area contributed by atoms with Gasteiger partial charge in [0.15, 0.2) is 0 Å². The number of nitrogens with one attached hydrogen (secondary N) is 1. The highest BCUT2D eigenvalue weighted by atomic mass is 31.2. The van der Waals surface area contributed by atoms with E-state index in [0.717, 1.165) is 122 Å². The van der Waals surface area contributed by atoms with Gasteiger partial charge < -0.3 is 19.4 Å². The Labute approximate surface area is 437 Å². The van der Waals surface area contributed by atoms with Crippen LogP contribution in [0.1, 0.15) is 226 Å². The molecular formula is C61H108N2O7P+. The number of hydrogen-bond acceptors (Lipinski definition) is 6. The van der Waals surface area contributed by atoms with Gasteiger partial charge in [0, 0.05) is 12.8 Å². The number of allylic oxidation sites excluding steroid dienone is 15. The van der Waals surface area contributed by atoms with E-state index in [9.17, 15) is 19.0 Å². The fourth-order valence-corrected chi connectivity index (χ4v) is 8.34. The number of carbonyl (C=O) groups excluding carboxylic acids is 2. The zero-order chi connectivity index (χ0) is 52.2. The van der Waals surface area contributed by atoms with Crippen LogP contribution in [-0.2, 0) is 27.9 Å². The lowest BCUT2D eigenvalue weighted by Gasteiger charge is -2.27. The van der Waals surface area contributed by atoms with Gasteiger partial charge >= 0.3 is 13.8 Å². The van der Waals surface area contributed by atoms with E-state index < -0.39 is 20.0 Å². The molecule has 0 aromatic heterocycles. The van der Waals surface area contributed by atoms with Crippen LogP contribution in [0.2, 0.25) is 0 Å². The quantitative estimate of drug-likeness (QED) is 0.0156. The summed E-state index contributed by atoms with van der Waals surface area (Å²) < 4.78 is 30.6. The minimum absolute atomic E-state index is 0.0275. The number of phosphoric acid groups is 1. The average molecular weight is 1010 g/mol. The first-order valence-corrected chi connectivity index (χ1v) is 30.1. The first-order valence-electron chi connectivity index (χ1n) is 28.6. The van der Waals surface area contributed by atoms with Gasteiger partial charge in [-0.1, -0.05) is 208 Å². The normalized spacial score (nSPS) is 14.5. The van der Waals surface area contributed by atoms with Crippen molar-refractivity contribution in [1.82, 2.24) is 5.32 Å². The van der Waals surface area contributed by atoms with Gasteiger partial charge in [-0.05, 0) is 102 Å². The second-order valence-corrected chi connectivity index (χ2v) is 21.6. The highest BCUT2D eigenvalue weighted by Crippen LogP contribution is 2.43. The summed E-state index contributed by atoms with van der Waals surface area (Å²) in [5, 5.41) is 3.03. The summed E-state index contributed by atoms with van der Waals surface area (Å²) >= 11 is 0. The predicted molar refractivity (Wildman–Crippen MR) is 304 cm³/mol. The zero-order valence-corrected chi connectivity index (χ0v) is 47.3. The lowest BCUT2D eigenvalue weighted by molar-refractivity contribution is -0.870. The molecule has 0 saturated carbocycles. The van der Waals surface area contributed by atoms with E-state index in [0.29, 0.717) is 23.9 Å². The number of esters is 1. The average Bonchev–Trinajstić information content (AvgIpc) is 3.33. The smallest absolute Gasteiger partial charge is 0.456 e. The van der Waals surface area contributed by atoms with Crippen molar-refractivity contribution in [3.05, 3.63) is 97.2 Å². The number of phosphoric ester groups is 1. The standard InChI is InChI=1S/C61H107N2O7P/c1-7-10-13-16-19-22-25-27-29-30-31-32-34-36-39-42-45-48-51-54-61(65)70-59(52-49-46-43-40-37-24-21-18-15-12-9-3)58(57-69-71(66,67)68-56-55-63(4,5)6)62-60(64)53-50-47-44-41-38-35-33-28-26-23-20-17-14-11-8-2/h10,13,19-20,22-23,26-29,31-32,36,39,49,52,58-59H,7-9,11-12,14-18,21,24-25,30,33-35,37-38,40-48,50-51,53-57H2,1-6H3,(H-,62,64,66,67)/p+1/b13-10-,22-19-,23-20+,28-26+,29-27-,32-31-,39-36-,52-49+. The number of hydrogen-bond donors (Lipinski definition) is 2. The summed E-state index contributed by atoms with van der Waals surface area (Å²) in [6.07, 6.45) is 66.8. The molecule has 0 rings (SSSR count). The molecule has 0 radical (unpaired) electrons. The van der Waals surface area contributed by atoms with Crippen molar-refractivity contribution in [2.45, 2.75) is 238 Å². The molecule has 408 valence electrons. The van der Waals surface area contributed by atoms with Crippen molar-refractivity contribution in [2.75, 3.05) is 40.9 Å². The maximum Gasteiger partial charge on any atom is 0.472 e. The summed E-state index contributed by atoms with van der Waals surface area (Å²) in [6.45, 7) is 6.81. The van der Waals surface area contributed by atoms with Gasteiger partial charge in [-0.15, -0.1) is 0 Å². The molecule has 0 aliphatic heterocycles. The third kappa shape index (κ3) is 51.6. The van der Waals surface area contributed by atoms with Crippen LogP contribution in [-0.4, -0.2) is 74.3 Å². The SMILES string of the molecule is CC/C=C\C/C=C\C/C=C\C/C=C\C/C=C\CCCCCC(=O)OC(/C=C/CCCCCCCCCCC)C(COP(=O)(O)OCC[N+](C)(C)C)NC(=O)CCCCCCCC/C=C/C=C/CCCCC. The Morgan fingerprint density at radius 2 is 0.944 bits per heavy atom. The first-order chi connectivity index (χ1) is 34.4. The maximum absolute atomic E-state index is 13.5.